The molecule has 96 valence electrons. The van der Waals surface area contributed by atoms with Crippen molar-refractivity contribution in [2.75, 3.05) is 20.4 Å². The van der Waals surface area contributed by atoms with Crippen molar-refractivity contribution < 1.29 is 27.2 Å². The van der Waals surface area contributed by atoms with Crippen LogP contribution in [0, 0.1) is 5.92 Å². The standard InChI is InChI=1S/C9H17F2O4P/c1-7(2)5-9(10,11)8(12)6-15-16(4,13)14-3/h7H,5-6H2,1-4H3. The van der Waals surface area contributed by atoms with Gasteiger partial charge in [-0.1, -0.05) is 13.8 Å². The number of alkyl halides is 2. The molecule has 1 unspecified atom stereocenters. The van der Waals surface area contributed by atoms with Crippen LogP contribution in [0.15, 0.2) is 0 Å². The number of carbonyl (C=O) groups is 1. The molecule has 0 saturated carbocycles. The molecular weight excluding hydrogens is 241 g/mol. The first-order chi connectivity index (χ1) is 7.10. The van der Waals surface area contributed by atoms with E-state index in [0.717, 1.165) is 13.8 Å². The highest BCUT2D eigenvalue weighted by atomic mass is 31.2. The van der Waals surface area contributed by atoms with Gasteiger partial charge in [-0.3, -0.25) is 9.36 Å². The molecule has 16 heavy (non-hydrogen) atoms. The number of rotatable bonds is 7. The largest absolute Gasteiger partial charge is 0.327 e. The maximum absolute atomic E-state index is 13.2. The molecule has 0 aliphatic carbocycles. The minimum absolute atomic E-state index is 0.310. The first-order valence-corrected chi connectivity index (χ1v) is 6.78. The van der Waals surface area contributed by atoms with Crippen LogP contribution in [0.25, 0.3) is 0 Å². The Balaban J connectivity index is 4.31. The Bertz CT molecular complexity index is 291. The zero-order chi connectivity index (χ0) is 13.0. The van der Waals surface area contributed by atoms with Gasteiger partial charge in [0.25, 0.3) is 0 Å². The molecule has 0 amide bonds. The van der Waals surface area contributed by atoms with Crippen LogP contribution in [0.4, 0.5) is 8.78 Å². The summed E-state index contributed by atoms with van der Waals surface area (Å²) in [5.74, 6) is -5.13. The van der Waals surface area contributed by atoms with Crippen molar-refractivity contribution >= 4 is 13.4 Å². The van der Waals surface area contributed by atoms with Gasteiger partial charge in [0, 0.05) is 20.2 Å². The van der Waals surface area contributed by atoms with Gasteiger partial charge in [0.15, 0.2) is 0 Å². The van der Waals surface area contributed by atoms with Gasteiger partial charge in [-0.2, -0.15) is 8.78 Å². The van der Waals surface area contributed by atoms with Crippen molar-refractivity contribution in [1.82, 2.24) is 0 Å². The van der Waals surface area contributed by atoms with E-state index in [1.165, 1.54) is 0 Å². The van der Waals surface area contributed by atoms with Gasteiger partial charge in [0.05, 0.1) is 0 Å². The van der Waals surface area contributed by atoms with Crippen LogP contribution in [0.3, 0.4) is 0 Å². The smallest absolute Gasteiger partial charge is 0.312 e. The van der Waals surface area contributed by atoms with Crippen molar-refractivity contribution in [2.45, 2.75) is 26.2 Å². The van der Waals surface area contributed by atoms with Gasteiger partial charge in [0.1, 0.15) is 6.61 Å². The second-order valence-corrected chi connectivity index (χ2v) is 6.12. The van der Waals surface area contributed by atoms with Crippen LogP contribution in [0.5, 0.6) is 0 Å². The maximum atomic E-state index is 13.2. The quantitative estimate of drug-likeness (QED) is 0.659. The van der Waals surface area contributed by atoms with E-state index >= 15 is 0 Å². The van der Waals surface area contributed by atoms with E-state index < -0.39 is 32.3 Å². The molecular formula is C9H17F2O4P. The summed E-state index contributed by atoms with van der Waals surface area (Å²) in [6.45, 7) is 3.38. The van der Waals surface area contributed by atoms with Crippen LogP contribution < -0.4 is 0 Å². The molecule has 0 aliphatic heterocycles. The summed E-state index contributed by atoms with van der Waals surface area (Å²) in [7, 11) is -2.26. The van der Waals surface area contributed by atoms with Crippen LogP contribution >= 0.6 is 7.60 Å². The van der Waals surface area contributed by atoms with E-state index in [9.17, 15) is 18.1 Å². The molecule has 0 saturated heterocycles. The third kappa shape index (κ3) is 5.68. The molecule has 0 aliphatic rings. The predicted molar refractivity (Wildman–Crippen MR) is 55.9 cm³/mol. The molecule has 0 bridgehead atoms. The Morgan fingerprint density at radius 3 is 2.31 bits per heavy atom. The Morgan fingerprint density at radius 1 is 1.44 bits per heavy atom. The van der Waals surface area contributed by atoms with Gasteiger partial charge in [-0.25, -0.2) is 0 Å². The summed E-state index contributed by atoms with van der Waals surface area (Å²) in [6, 6.07) is 0. The van der Waals surface area contributed by atoms with Crippen LogP contribution in [-0.2, 0) is 18.4 Å². The first kappa shape index (κ1) is 15.7. The second kappa shape index (κ2) is 5.84. The zero-order valence-corrected chi connectivity index (χ0v) is 10.7. The number of ketones is 1. The van der Waals surface area contributed by atoms with Crippen molar-refractivity contribution in [3.63, 3.8) is 0 Å². The summed E-state index contributed by atoms with van der Waals surface area (Å²) in [5.41, 5.74) is 0. The van der Waals surface area contributed by atoms with Crippen molar-refractivity contribution in [1.29, 1.82) is 0 Å². The van der Waals surface area contributed by atoms with Gasteiger partial charge in [-0.05, 0) is 5.92 Å². The van der Waals surface area contributed by atoms with Gasteiger partial charge < -0.3 is 9.05 Å². The lowest BCUT2D eigenvalue weighted by molar-refractivity contribution is -0.147. The molecule has 0 aromatic carbocycles. The van der Waals surface area contributed by atoms with E-state index in [0.29, 0.717) is 0 Å². The van der Waals surface area contributed by atoms with Crippen LogP contribution in [0.1, 0.15) is 20.3 Å². The summed E-state index contributed by atoms with van der Waals surface area (Å²) < 4.78 is 46.5. The fourth-order valence-electron chi connectivity index (χ4n) is 0.961. The topological polar surface area (TPSA) is 52.6 Å². The highest BCUT2D eigenvalue weighted by molar-refractivity contribution is 7.52. The van der Waals surface area contributed by atoms with Crippen LogP contribution in [-0.4, -0.2) is 32.1 Å². The van der Waals surface area contributed by atoms with E-state index in [4.69, 9.17) is 0 Å². The molecule has 0 N–H and O–H groups in total. The summed E-state index contributed by atoms with van der Waals surface area (Å²) in [5, 5.41) is 0. The summed E-state index contributed by atoms with van der Waals surface area (Å²) in [6.07, 6.45) is -0.545. The Labute approximate surface area is 93.8 Å². The molecule has 7 heteroatoms. The van der Waals surface area contributed by atoms with Crippen molar-refractivity contribution in [2.24, 2.45) is 5.92 Å². The minimum atomic E-state index is -3.44. The van der Waals surface area contributed by atoms with E-state index in [1.807, 2.05) is 0 Å². The Kier molecular flexibility index (Phi) is 5.73. The van der Waals surface area contributed by atoms with Gasteiger partial charge >= 0.3 is 13.5 Å². The highest BCUT2D eigenvalue weighted by Gasteiger charge is 2.39. The molecule has 0 aromatic heterocycles. The lowest BCUT2D eigenvalue weighted by atomic mass is 10.0. The third-order valence-corrected chi connectivity index (χ3v) is 3.10. The maximum Gasteiger partial charge on any atom is 0.327 e. The van der Waals surface area contributed by atoms with Gasteiger partial charge in [0.2, 0.25) is 5.78 Å². The lowest BCUT2D eigenvalue weighted by Gasteiger charge is -2.18. The molecule has 0 spiro atoms. The number of halogens is 2. The SMILES string of the molecule is COP(C)(=O)OCC(=O)C(F)(F)CC(C)C. The monoisotopic (exact) mass is 258 g/mol. The summed E-state index contributed by atoms with van der Waals surface area (Å²) >= 11 is 0. The number of hydrogen-bond acceptors (Lipinski definition) is 4. The molecule has 0 rings (SSSR count). The molecule has 0 heterocycles. The molecule has 0 fully saturated rings. The van der Waals surface area contributed by atoms with Crippen molar-refractivity contribution in [3.05, 3.63) is 0 Å². The number of hydrogen-bond donors (Lipinski definition) is 0. The molecule has 4 nitrogen and oxygen atoms in total. The van der Waals surface area contributed by atoms with Crippen molar-refractivity contribution in [3.8, 4) is 0 Å². The van der Waals surface area contributed by atoms with Crippen LogP contribution in [0.2, 0.25) is 0 Å². The predicted octanol–water partition coefficient (Wildman–Crippen LogP) is 2.72. The lowest BCUT2D eigenvalue weighted by Crippen LogP contribution is -2.33. The average Bonchev–Trinajstić information content (AvgIpc) is 2.12. The normalized spacial score (nSPS) is 16.2. The molecule has 1 atom stereocenters. The summed E-state index contributed by atoms with van der Waals surface area (Å²) in [4.78, 5) is 11.1. The molecule has 0 radical (unpaired) electrons. The van der Waals surface area contributed by atoms with E-state index in [-0.39, 0.29) is 5.92 Å². The number of carbonyl (C=O) groups excluding carboxylic acids is 1. The van der Waals surface area contributed by atoms with E-state index in [2.05, 4.69) is 9.05 Å². The van der Waals surface area contributed by atoms with E-state index in [1.54, 1.807) is 13.8 Å². The zero-order valence-electron chi connectivity index (χ0n) is 9.83. The minimum Gasteiger partial charge on any atom is -0.312 e. The fourth-order valence-corrected chi connectivity index (χ4v) is 1.42. The van der Waals surface area contributed by atoms with Gasteiger partial charge in [-0.15, -0.1) is 0 Å². The second-order valence-electron chi connectivity index (χ2n) is 3.95. The molecule has 0 aromatic rings. The Hall–Kier alpha value is -0.320. The number of Topliss-reactive ketones (excluding diaryl/α,β-unsaturated/α-hetero) is 1. The third-order valence-electron chi connectivity index (χ3n) is 1.83. The highest BCUT2D eigenvalue weighted by Crippen LogP contribution is 2.42. The first-order valence-electron chi connectivity index (χ1n) is 4.79. The average molecular weight is 258 g/mol. The Morgan fingerprint density at radius 2 is 1.94 bits per heavy atom. The fraction of sp³-hybridized carbons (Fsp3) is 0.889.